The number of nitrogens with one attached hydrogen (secondary N) is 1. The van der Waals surface area contributed by atoms with Gasteiger partial charge in [-0.05, 0) is 22.0 Å². The van der Waals surface area contributed by atoms with Gasteiger partial charge in [-0.15, -0.1) is 0 Å². The lowest BCUT2D eigenvalue weighted by Crippen LogP contribution is -2.22. The molecule has 0 saturated heterocycles. The Balaban J connectivity index is 3.47. The van der Waals surface area contributed by atoms with Crippen molar-refractivity contribution in [2.75, 3.05) is 0 Å². The van der Waals surface area contributed by atoms with E-state index in [1.165, 1.54) is 0 Å². The fraction of sp³-hybridized carbons (Fsp3) is 0.143. The van der Waals surface area contributed by atoms with Crippen LogP contribution in [0.15, 0.2) is 15.3 Å². The second-order valence-electron chi connectivity index (χ2n) is 2.44. The van der Waals surface area contributed by atoms with Crippen molar-refractivity contribution in [1.82, 2.24) is 4.98 Å². The molecular formula is C7H5BrF2N2O2. The third kappa shape index (κ3) is 1.98. The van der Waals surface area contributed by atoms with E-state index in [1.54, 1.807) is 0 Å². The number of carbonyl (C=O) groups excluding carboxylic acids is 1. The fourth-order valence-corrected chi connectivity index (χ4v) is 1.24. The van der Waals surface area contributed by atoms with Crippen molar-refractivity contribution in [1.29, 1.82) is 0 Å². The van der Waals surface area contributed by atoms with E-state index in [0.29, 0.717) is 0 Å². The van der Waals surface area contributed by atoms with Gasteiger partial charge in [0.2, 0.25) is 0 Å². The number of aromatic nitrogens is 1. The lowest BCUT2D eigenvalue weighted by Gasteiger charge is -2.05. The molecule has 7 heteroatoms. The van der Waals surface area contributed by atoms with Gasteiger partial charge in [0.05, 0.1) is 4.47 Å². The highest BCUT2D eigenvalue weighted by Gasteiger charge is 2.18. The van der Waals surface area contributed by atoms with Crippen molar-refractivity contribution >= 4 is 21.8 Å². The van der Waals surface area contributed by atoms with Crippen LogP contribution in [-0.2, 0) is 0 Å². The summed E-state index contributed by atoms with van der Waals surface area (Å²) in [6.07, 6.45) is -2.87. The standard InChI is InChI=1S/C7H5BrF2N2O2/c8-3-1-2(5(9)10)4(6(11)13)12-7(3)14/h1,5H,(H2,11,13)(H,12,14). The number of primary amides is 1. The zero-order valence-corrected chi connectivity index (χ0v) is 8.27. The topological polar surface area (TPSA) is 76.0 Å². The molecule has 14 heavy (non-hydrogen) atoms. The molecule has 4 nitrogen and oxygen atoms in total. The number of nitrogens with two attached hydrogens (primary N) is 1. The minimum Gasteiger partial charge on any atom is -0.364 e. The third-order valence-electron chi connectivity index (χ3n) is 1.51. The normalized spacial score (nSPS) is 10.6. The van der Waals surface area contributed by atoms with Crippen molar-refractivity contribution in [2.45, 2.75) is 6.43 Å². The predicted molar refractivity (Wildman–Crippen MR) is 48.2 cm³/mol. The van der Waals surface area contributed by atoms with E-state index in [1.807, 2.05) is 4.98 Å². The van der Waals surface area contributed by atoms with Gasteiger partial charge in [0.15, 0.2) is 0 Å². The first-order valence-corrected chi connectivity index (χ1v) is 4.23. The van der Waals surface area contributed by atoms with Crippen LogP contribution in [-0.4, -0.2) is 10.9 Å². The zero-order valence-electron chi connectivity index (χ0n) is 6.68. The maximum atomic E-state index is 12.3. The van der Waals surface area contributed by atoms with Gasteiger partial charge in [-0.3, -0.25) is 9.59 Å². The maximum Gasteiger partial charge on any atom is 0.266 e. The first-order chi connectivity index (χ1) is 6.43. The van der Waals surface area contributed by atoms with Crippen LogP contribution in [0.1, 0.15) is 22.5 Å². The number of pyridine rings is 1. The molecule has 1 aromatic heterocycles. The summed E-state index contributed by atoms with van der Waals surface area (Å²) >= 11 is 2.77. The SMILES string of the molecule is NC(=O)c1[nH]c(=O)c(Br)cc1C(F)F. The lowest BCUT2D eigenvalue weighted by atomic mass is 10.2. The fourth-order valence-electron chi connectivity index (χ4n) is 0.896. The highest BCUT2D eigenvalue weighted by atomic mass is 79.9. The molecule has 76 valence electrons. The van der Waals surface area contributed by atoms with E-state index >= 15 is 0 Å². The molecule has 0 aliphatic carbocycles. The Labute approximate surface area is 85.2 Å². The number of rotatable bonds is 2. The predicted octanol–water partition coefficient (Wildman–Crippen LogP) is 1.17. The second-order valence-corrected chi connectivity index (χ2v) is 3.30. The molecule has 0 radical (unpaired) electrons. The molecule has 0 aliphatic rings. The summed E-state index contributed by atoms with van der Waals surface area (Å²) in [6.45, 7) is 0. The van der Waals surface area contributed by atoms with Crippen molar-refractivity contribution in [3.8, 4) is 0 Å². The molecule has 0 aromatic carbocycles. The van der Waals surface area contributed by atoms with Crippen LogP contribution in [0.25, 0.3) is 0 Å². The molecule has 0 unspecified atom stereocenters. The van der Waals surface area contributed by atoms with Crippen LogP contribution in [0.3, 0.4) is 0 Å². The first-order valence-electron chi connectivity index (χ1n) is 3.44. The lowest BCUT2D eigenvalue weighted by molar-refractivity contribution is 0.0979. The Morgan fingerprint density at radius 1 is 1.57 bits per heavy atom. The van der Waals surface area contributed by atoms with Crippen molar-refractivity contribution < 1.29 is 13.6 Å². The summed E-state index contributed by atoms with van der Waals surface area (Å²) < 4.78 is 24.6. The quantitative estimate of drug-likeness (QED) is 0.843. The van der Waals surface area contributed by atoms with Crippen molar-refractivity contribution in [2.24, 2.45) is 5.73 Å². The molecule has 0 spiro atoms. The molecule has 1 heterocycles. The van der Waals surface area contributed by atoms with Crippen LogP contribution in [0, 0.1) is 0 Å². The Morgan fingerprint density at radius 2 is 2.14 bits per heavy atom. The summed E-state index contributed by atoms with van der Waals surface area (Å²) in [5.74, 6) is -1.09. The average molecular weight is 267 g/mol. The summed E-state index contributed by atoms with van der Waals surface area (Å²) in [5.41, 5.74) is 2.98. The molecule has 0 aliphatic heterocycles. The van der Waals surface area contributed by atoms with Crippen LogP contribution >= 0.6 is 15.9 Å². The number of hydrogen-bond donors (Lipinski definition) is 2. The second kappa shape index (κ2) is 3.87. The molecule has 1 aromatic rings. The Kier molecular flexibility index (Phi) is 3.00. The Hall–Kier alpha value is -1.24. The number of alkyl halides is 2. The summed E-state index contributed by atoms with van der Waals surface area (Å²) in [5, 5.41) is 0. The molecule has 0 atom stereocenters. The van der Waals surface area contributed by atoms with E-state index in [9.17, 15) is 18.4 Å². The number of aromatic amines is 1. The van der Waals surface area contributed by atoms with Crippen molar-refractivity contribution in [3.63, 3.8) is 0 Å². The van der Waals surface area contributed by atoms with Crippen LogP contribution in [0.5, 0.6) is 0 Å². The van der Waals surface area contributed by atoms with Crippen molar-refractivity contribution in [3.05, 3.63) is 32.2 Å². The Bertz CT molecular complexity index is 430. The van der Waals surface area contributed by atoms with E-state index < -0.39 is 29.1 Å². The molecule has 0 bridgehead atoms. The molecule has 0 fully saturated rings. The van der Waals surface area contributed by atoms with Gasteiger partial charge >= 0.3 is 0 Å². The van der Waals surface area contributed by atoms with E-state index in [4.69, 9.17) is 5.73 Å². The number of amides is 1. The smallest absolute Gasteiger partial charge is 0.266 e. The number of carbonyl (C=O) groups is 1. The highest BCUT2D eigenvalue weighted by Crippen LogP contribution is 2.22. The van der Waals surface area contributed by atoms with E-state index in [2.05, 4.69) is 15.9 Å². The monoisotopic (exact) mass is 266 g/mol. The highest BCUT2D eigenvalue weighted by molar-refractivity contribution is 9.10. The van der Waals surface area contributed by atoms with Gasteiger partial charge in [0.1, 0.15) is 5.69 Å². The van der Waals surface area contributed by atoms with Crippen LogP contribution in [0.2, 0.25) is 0 Å². The largest absolute Gasteiger partial charge is 0.364 e. The van der Waals surface area contributed by atoms with Gasteiger partial charge < -0.3 is 10.7 Å². The molecule has 0 saturated carbocycles. The maximum absolute atomic E-state index is 12.3. The molecule has 1 amide bonds. The van der Waals surface area contributed by atoms with Crippen LogP contribution < -0.4 is 11.3 Å². The van der Waals surface area contributed by atoms with Gasteiger partial charge in [0.25, 0.3) is 17.9 Å². The first kappa shape index (κ1) is 10.8. The minimum absolute atomic E-state index is 0.0715. The van der Waals surface area contributed by atoms with Gasteiger partial charge in [-0.25, -0.2) is 8.78 Å². The number of hydrogen-bond acceptors (Lipinski definition) is 2. The van der Waals surface area contributed by atoms with Gasteiger partial charge in [-0.2, -0.15) is 0 Å². The minimum atomic E-state index is -2.87. The van der Waals surface area contributed by atoms with Crippen LogP contribution in [0.4, 0.5) is 8.78 Å². The number of halogens is 3. The van der Waals surface area contributed by atoms with Gasteiger partial charge in [-0.1, -0.05) is 0 Å². The van der Waals surface area contributed by atoms with Gasteiger partial charge in [0, 0.05) is 5.56 Å². The molecular weight excluding hydrogens is 262 g/mol. The third-order valence-corrected chi connectivity index (χ3v) is 2.10. The summed E-state index contributed by atoms with van der Waals surface area (Å²) in [4.78, 5) is 23.6. The van der Waals surface area contributed by atoms with E-state index in [-0.39, 0.29) is 4.47 Å². The summed E-state index contributed by atoms with van der Waals surface area (Å²) in [6, 6.07) is 0.879. The number of H-pyrrole nitrogens is 1. The Morgan fingerprint density at radius 3 is 2.57 bits per heavy atom. The van der Waals surface area contributed by atoms with E-state index in [0.717, 1.165) is 6.07 Å². The molecule has 1 rings (SSSR count). The zero-order chi connectivity index (χ0) is 10.9. The molecule has 3 N–H and O–H groups in total. The summed E-state index contributed by atoms with van der Waals surface area (Å²) in [7, 11) is 0. The average Bonchev–Trinajstić information content (AvgIpc) is 2.08.